The summed E-state index contributed by atoms with van der Waals surface area (Å²) in [5.41, 5.74) is 0.850. The van der Waals surface area contributed by atoms with Crippen molar-refractivity contribution in [3.8, 4) is 5.75 Å². The Balaban J connectivity index is 1.94. The Morgan fingerprint density at radius 2 is 2.12 bits per heavy atom. The third-order valence-electron chi connectivity index (χ3n) is 2.01. The number of aromatic nitrogens is 1. The molecule has 2 aromatic rings. The molecule has 3 nitrogen and oxygen atoms in total. The predicted octanol–water partition coefficient (Wildman–Crippen LogP) is 3.60. The number of benzene rings is 1. The molecule has 84 valence electrons. The van der Waals surface area contributed by atoms with E-state index >= 15 is 0 Å². The van der Waals surface area contributed by atoms with E-state index in [2.05, 4.69) is 9.82 Å². The first kappa shape index (κ1) is 11.2. The number of thiazole rings is 1. The van der Waals surface area contributed by atoms with Gasteiger partial charge in [-0.15, -0.1) is 11.3 Å². The van der Waals surface area contributed by atoms with E-state index < -0.39 is 0 Å². The summed E-state index contributed by atoms with van der Waals surface area (Å²) >= 11 is 7.10. The number of rotatable bonds is 4. The quantitative estimate of drug-likeness (QED) is 0.847. The molecular formula is C11H11ClN2OS. The van der Waals surface area contributed by atoms with Crippen molar-refractivity contribution in [2.45, 2.75) is 13.5 Å². The summed E-state index contributed by atoms with van der Waals surface area (Å²) in [5, 5.41) is 1.06. The van der Waals surface area contributed by atoms with Crippen LogP contribution >= 0.6 is 23.1 Å². The fourth-order valence-electron chi connectivity index (χ4n) is 1.24. The van der Waals surface area contributed by atoms with Gasteiger partial charge in [-0.25, -0.2) is 4.98 Å². The molecule has 1 aromatic carbocycles. The number of anilines is 1. The van der Waals surface area contributed by atoms with Crippen LogP contribution in [0.25, 0.3) is 0 Å². The van der Waals surface area contributed by atoms with Gasteiger partial charge in [0, 0.05) is 23.7 Å². The van der Waals surface area contributed by atoms with Crippen LogP contribution in [0, 0.1) is 6.92 Å². The molecule has 0 saturated carbocycles. The summed E-state index contributed by atoms with van der Waals surface area (Å²) in [6.07, 6.45) is 1.84. The van der Waals surface area contributed by atoms with Crippen LogP contribution in [-0.2, 0) is 6.61 Å². The first-order valence-electron chi connectivity index (χ1n) is 4.79. The third kappa shape index (κ3) is 2.87. The summed E-state index contributed by atoms with van der Waals surface area (Å²) in [4.78, 5) is 7.83. The van der Waals surface area contributed by atoms with Crippen LogP contribution in [0.3, 0.4) is 0 Å². The lowest BCUT2D eigenvalue weighted by Crippen LogP contribution is -1.92. The van der Waals surface area contributed by atoms with Gasteiger partial charge in [-0.1, -0.05) is 0 Å². The zero-order valence-corrected chi connectivity index (χ0v) is 10.3. The molecule has 0 amide bonds. The fourth-order valence-corrected chi connectivity index (χ4v) is 2.07. The highest BCUT2D eigenvalue weighted by atomic mass is 35.5. The Kier molecular flexibility index (Phi) is 3.64. The summed E-state index contributed by atoms with van der Waals surface area (Å²) in [5.74, 6) is 0.821. The van der Waals surface area contributed by atoms with Crippen LogP contribution in [0.4, 0.5) is 5.69 Å². The van der Waals surface area contributed by atoms with Crippen LogP contribution in [0.2, 0.25) is 0 Å². The Hall–Kier alpha value is -1.26. The van der Waals surface area contributed by atoms with Gasteiger partial charge in [0.15, 0.2) is 0 Å². The van der Waals surface area contributed by atoms with Crippen LogP contribution < -0.4 is 9.57 Å². The lowest BCUT2D eigenvalue weighted by molar-refractivity contribution is 0.309. The maximum absolute atomic E-state index is 5.60. The lowest BCUT2D eigenvalue weighted by Gasteiger charge is -2.04. The van der Waals surface area contributed by atoms with E-state index in [-0.39, 0.29) is 0 Å². The van der Waals surface area contributed by atoms with E-state index in [9.17, 15) is 0 Å². The Morgan fingerprint density at radius 1 is 1.38 bits per heavy atom. The molecule has 16 heavy (non-hydrogen) atoms. The molecule has 1 N–H and O–H groups in total. The van der Waals surface area contributed by atoms with Gasteiger partial charge < -0.3 is 4.74 Å². The number of nitrogens with one attached hydrogen (secondary N) is 1. The minimum absolute atomic E-state index is 0.555. The summed E-state index contributed by atoms with van der Waals surface area (Å²) < 4.78 is 5.60. The van der Waals surface area contributed by atoms with Crippen molar-refractivity contribution in [1.82, 2.24) is 4.98 Å². The highest BCUT2D eigenvalue weighted by Gasteiger charge is 1.99. The van der Waals surface area contributed by atoms with E-state index in [0.29, 0.717) is 6.61 Å². The van der Waals surface area contributed by atoms with Gasteiger partial charge in [-0.2, -0.15) is 0 Å². The van der Waals surface area contributed by atoms with Crippen molar-refractivity contribution in [1.29, 1.82) is 0 Å². The number of halogens is 1. The topological polar surface area (TPSA) is 34.1 Å². The molecule has 0 unspecified atom stereocenters. The normalized spacial score (nSPS) is 10.1. The smallest absolute Gasteiger partial charge is 0.124 e. The molecule has 1 aromatic heterocycles. The first-order chi connectivity index (χ1) is 7.78. The fraction of sp³-hybridized carbons (Fsp3) is 0.182. The average molecular weight is 255 g/mol. The molecule has 5 heteroatoms. The van der Waals surface area contributed by atoms with Gasteiger partial charge in [0.05, 0.1) is 9.88 Å². The second-order valence-electron chi connectivity index (χ2n) is 3.25. The second-order valence-corrected chi connectivity index (χ2v) is 4.76. The van der Waals surface area contributed by atoms with Crippen molar-refractivity contribution >= 4 is 28.8 Å². The Labute approximate surface area is 103 Å². The molecular weight excluding hydrogens is 244 g/mol. The monoisotopic (exact) mass is 254 g/mol. The third-order valence-corrected chi connectivity index (χ3v) is 3.12. The number of aryl methyl sites for hydroxylation is 1. The molecule has 0 fully saturated rings. The molecule has 1 heterocycles. The Bertz CT molecular complexity index is 455. The van der Waals surface area contributed by atoms with Gasteiger partial charge >= 0.3 is 0 Å². The SMILES string of the molecule is Cc1ncc(COc2ccc(NCl)cc2)s1. The zero-order valence-electron chi connectivity index (χ0n) is 8.74. The number of ether oxygens (including phenoxy) is 1. The van der Waals surface area contributed by atoms with E-state index in [0.717, 1.165) is 21.3 Å². The van der Waals surface area contributed by atoms with Gasteiger partial charge in [0.25, 0.3) is 0 Å². The molecule has 0 atom stereocenters. The predicted molar refractivity (Wildman–Crippen MR) is 67.1 cm³/mol. The average Bonchev–Trinajstić information content (AvgIpc) is 2.73. The number of nitrogens with zero attached hydrogens (tertiary/aromatic N) is 1. The molecule has 2 rings (SSSR count). The number of hydrogen-bond acceptors (Lipinski definition) is 4. The van der Waals surface area contributed by atoms with Crippen LogP contribution in [-0.4, -0.2) is 4.98 Å². The van der Waals surface area contributed by atoms with E-state index in [1.54, 1.807) is 11.3 Å². The molecule has 0 aliphatic heterocycles. The van der Waals surface area contributed by atoms with Crippen molar-refractivity contribution in [3.05, 3.63) is 40.3 Å². The standard InChI is InChI=1S/C11H11ClN2OS/c1-8-13-6-11(16-8)7-15-10-4-2-9(14-12)3-5-10/h2-6,14H,7H2,1H3. The van der Waals surface area contributed by atoms with E-state index in [1.807, 2.05) is 37.4 Å². The zero-order chi connectivity index (χ0) is 11.4. The molecule has 0 saturated heterocycles. The molecule has 0 bridgehead atoms. The van der Waals surface area contributed by atoms with Crippen molar-refractivity contribution in [3.63, 3.8) is 0 Å². The minimum Gasteiger partial charge on any atom is -0.488 e. The highest BCUT2D eigenvalue weighted by Crippen LogP contribution is 2.19. The lowest BCUT2D eigenvalue weighted by atomic mass is 10.3. The highest BCUT2D eigenvalue weighted by molar-refractivity contribution is 7.11. The molecule has 0 radical (unpaired) electrons. The van der Waals surface area contributed by atoms with Gasteiger partial charge in [0.2, 0.25) is 0 Å². The van der Waals surface area contributed by atoms with E-state index in [4.69, 9.17) is 16.5 Å². The second kappa shape index (κ2) is 5.18. The van der Waals surface area contributed by atoms with Gasteiger partial charge in [-0.05, 0) is 31.2 Å². The molecule has 0 aliphatic rings. The first-order valence-corrected chi connectivity index (χ1v) is 5.98. The largest absolute Gasteiger partial charge is 0.488 e. The van der Waals surface area contributed by atoms with Gasteiger partial charge in [-0.3, -0.25) is 4.84 Å². The van der Waals surface area contributed by atoms with Crippen molar-refractivity contribution < 1.29 is 4.74 Å². The Morgan fingerprint density at radius 3 is 2.69 bits per heavy atom. The maximum Gasteiger partial charge on any atom is 0.124 e. The summed E-state index contributed by atoms with van der Waals surface area (Å²) in [7, 11) is 0. The van der Waals surface area contributed by atoms with Crippen molar-refractivity contribution in [2.24, 2.45) is 0 Å². The summed E-state index contributed by atoms with van der Waals surface area (Å²) in [6, 6.07) is 7.47. The van der Waals surface area contributed by atoms with Crippen LogP contribution in [0.1, 0.15) is 9.88 Å². The van der Waals surface area contributed by atoms with Crippen LogP contribution in [0.5, 0.6) is 5.75 Å². The molecule has 0 spiro atoms. The maximum atomic E-state index is 5.60. The van der Waals surface area contributed by atoms with Crippen molar-refractivity contribution in [2.75, 3.05) is 4.84 Å². The van der Waals surface area contributed by atoms with E-state index in [1.165, 1.54) is 0 Å². The van der Waals surface area contributed by atoms with Gasteiger partial charge in [0.1, 0.15) is 12.4 Å². The number of hydrogen-bond donors (Lipinski definition) is 1. The molecule has 0 aliphatic carbocycles. The van der Waals surface area contributed by atoms with Crippen LogP contribution in [0.15, 0.2) is 30.5 Å². The summed E-state index contributed by atoms with van der Waals surface area (Å²) in [6.45, 7) is 2.54. The minimum atomic E-state index is 0.555.